The molecule has 1 rings (SSSR count). The van der Waals surface area contributed by atoms with Crippen molar-refractivity contribution in [2.45, 2.75) is 19.8 Å². The zero-order valence-corrected chi connectivity index (χ0v) is 10.6. The lowest BCUT2D eigenvalue weighted by Crippen LogP contribution is -2.32. The first kappa shape index (κ1) is 11.4. The molecule has 0 bridgehead atoms. The lowest BCUT2D eigenvalue weighted by molar-refractivity contribution is 0.425. The molecule has 0 aliphatic carbocycles. The van der Waals surface area contributed by atoms with Gasteiger partial charge in [0.2, 0.25) is 0 Å². The van der Waals surface area contributed by atoms with Gasteiger partial charge >= 0.3 is 7.12 Å². The summed E-state index contributed by atoms with van der Waals surface area (Å²) in [4.78, 5) is 0. The van der Waals surface area contributed by atoms with Gasteiger partial charge in [-0.25, -0.2) is 4.45 Å². The van der Waals surface area contributed by atoms with Crippen LogP contribution in [-0.4, -0.2) is 26.7 Å². The molecule has 1 aromatic rings. The largest absolute Gasteiger partial charge is 0.491 e. The highest BCUT2D eigenvalue weighted by Crippen LogP contribution is 2.27. The molecule has 7 heteroatoms. The van der Waals surface area contributed by atoms with Gasteiger partial charge in [-0.3, -0.25) is 0 Å². The van der Waals surface area contributed by atoms with Crippen molar-refractivity contribution in [3.05, 3.63) is 11.9 Å². The monoisotopic (exact) mass is 312 g/mol. The first-order valence-corrected chi connectivity index (χ1v) is 7.94. The van der Waals surface area contributed by atoms with E-state index < -0.39 is 7.12 Å². The Bertz CT molecular complexity index is 292. The molecule has 4 nitrogen and oxygen atoms in total. The first-order chi connectivity index (χ1) is 6.07. The van der Waals surface area contributed by atoms with Crippen molar-refractivity contribution in [2.24, 2.45) is 0 Å². The van der Waals surface area contributed by atoms with Crippen LogP contribution in [-0.2, 0) is 0 Å². The van der Waals surface area contributed by atoms with Gasteiger partial charge in [0.05, 0.1) is 6.37 Å². The third-order valence-electron chi connectivity index (χ3n) is 1.74. The molecule has 1 atom stereocenters. The van der Waals surface area contributed by atoms with Crippen LogP contribution in [0.1, 0.15) is 25.5 Å². The molecule has 13 heavy (non-hydrogen) atoms. The Hall–Kier alpha value is 0.355. The summed E-state index contributed by atoms with van der Waals surface area (Å²) in [5.41, 5.74) is 1.42. The summed E-state index contributed by atoms with van der Waals surface area (Å²) in [6.45, 7) is 4.02. The van der Waals surface area contributed by atoms with Gasteiger partial charge in [0.25, 0.3) is 0 Å². The van der Waals surface area contributed by atoms with Crippen molar-refractivity contribution < 1.29 is 10.0 Å². The average Bonchev–Trinajstić information content (AvgIpc) is 2.46. The summed E-state index contributed by atoms with van der Waals surface area (Å²) < 4.78 is 1.81. The van der Waals surface area contributed by atoms with E-state index >= 15 is 0 Å². The number of hydrogen-bond donors (Lipinski definition) is 2. The normalized spacial score (nSPS) is 11.8. The highest BCUT2D eigenvalue weighted by atomic mass is 127. The molecule has 2 N–H and O–H groups in total. The fourth-order valence-electron chi connectivity index (χ4n) is 1.21. The zero-order chi connectivity index (χ0) is 10.0. The SMILES string of the molecule is CC(C)c1c(B(O)O)cnn1PI. The van der Waals surface area contributed by atoms with E-state index in [1.165, 1.54) is 6.20 Å². The van der Waals surface area contributed by atoms with Crippen LogP contribution in [0, 0.1) is 0 Å². The standard InChI is InChI=1S/C6H11BIN2O2P/c1-4(2)6-5(7(11)12)3-9-10(6)13-8/h3-4,11-13H,1-2H3. The van der Waals surface area contributed by atoms with Gasteiger partial charge in [-0.05, 0) is 28.0 Å². The Labute approximate surface area is 92.2 Å². The molecule has 0 aliphatic rings. The van der Waals surface area contributed by atoms with Crippen molar-refractivity contribution in [3.63, 3.8) is 0 Å². The Kier molecular flexibility index (Phi) is 4.16. The van der Waals surface area contributed by atoms with Gasteiger partial charge in [-0.15, -0.1) is 0 Å². The van der Waals surface area contributed by atoms with Crippen molar-refractivity contribution in [1.82, 2.24) is 9.55 Å². The molecule has 1 unspecified atom stereocenters. The van der Waals surface area contributed by atoms with E-state index in [0.717, 1.165) is 5.69 Å². The highest BCUT2D eigenvalue weighted by molar-refractivity contribution is 14.2. The molecule has 0 aromatic carbocycles. The van der Waals surface area contributed by atoms with Crippen molar-refractivity contribution in [1.29, 1.82) is 0 Å². The van der Waals surface area contributed by atoms with Crippen molar-refractivity contribution in [2.75, 3.05) is 0 Å². The maximum absolute atomic E-state index is 9.07. The number of halogens is 1. The molecular formula is C6H11BIN2O2P. The van der Waals surface area contributed by atoms with Crippen LogP contribution >= 0.6 is 28.4 Å². The molecular weight excluding hydrogens is 301 g/mol. The highest BCUT2D eigenvalue weighted by Gasteiger charge is 2.22. The molecule has 0 amide bonds. The lowest BCUT2D eigenvalue weighted by atomic mass is 9.78. The molecule has 0 fully saturated rings. The van der Waals surface area contributed by atoms with Gasteiger partial charge in [-0.1, -0.05) is 13.8 Å². The Balaban J connectivity index is 3.14. The predicted octanol–water partition coefficient (Wildman–Crippen LogP) is 0.478. The van der Waals surface area contributed by atoms with Crippen LogP contribution < -0.4 is 5.46 Å². The summed E-state index contributed by atoms with van der Waals surface area (Å²) >= 11 is 2.21. The summed E-state index contributed by atoms with van der Waals surface area (Å²) in [6, 6.07) is 0. The minimum atomic E-state index is -1.42. The van der Waals surface area contributed by atoms with E-state index in [4.69, 9.17) is 10.0 Å². The van der Waals surface area contributed by atoms with E-state index in [1.807, 2.05) is 13.8 Å². The molecule has 0 radical (unpaired) electrons. The summed E-state index contributed by atoms with van der Waals surface area (Å²) in [7, 11) is -1.42. The predicted molar refractivity (Wildman–Crippen MR) is 63.9 cm³/mol. The fourth-order valence-corrected chi connectivity index (χ4v) is 2.95. The minimum absolute atomic E-state index is 0.251. The first-order valence-electron chi connectivity index (χ1n) is 3.88. The average molecular weight is 312 g/mol. The molecule has 72 valence electrons. The molecule has 0 spiro atoms. The van der Waals surface area contributed by atoms with Crippen LogP contribution in [0.5, 0.6) is 0 Å². The number of nitrogens with zero attached hydrogens (tertiary/aromatic N) is 2. The van der Waals surface area contributed by atoms with Gasteiger partial charge in [-0.2, -0.15) is 5.10 Å². The van der Waals surface area contributed by atoms with E-state index in [-0.39, 0.29) is 5.92 Å². The van der Waals surface area contributed by atoms with E-state index in [9.17, 15) is 0 Å². The van der Waals surface area contributed by atoms with Crippen LogP contribution in [0.15, 0.2) is 6.20 Å². The van der Waals surface area contributed by atoms with Gasteiger partial charge in [0.15, 0.2) is 0 Å². The molecule has 0 saturated carbocycles. The van der Waals surface area contributed by atoms with Crippen LogP contribution in [0.2, 0.25) is 0 Å². The van der Waals surface area contributed by atoms with E-state index in [1.54, 1.807) is 4.45 Å². The van der Waals surface area contributed by atoms with Gasteiger partial charge in [0, 0.05) is 17.4 Å². The summed E-state index contributed by atoms with van der Waals surface area (Å²) in [6.07, 6.45) is 2.01. The second-order valence-corrected chi connectivity index (χ2v) is 5.05. The Morgan fingerprint density at radius 2 is 2.23 bits per heavy atom. The van der Waals surface area contributed by atoms with Gasteiger partial charge < -0.3 is 10.0 Å². The molecule has 1 aromatic heterocycles. The lowest BCUT2D eigenvalue weighted by Gasteiger charge is -2.09. The minimum Gasteiger partial charge on any atom is -0.423 e. The molecule has 0 saturated heterocycles. The second-order valence-electron chi connectivity index (χ2n) is 3.01. The third kappa shape index (κ3) is 2.43. The van der Waals surface area contributed by atoms with Gasteiger partial charge in [0.1, 0.15) is 0 Å². The van der Waals surface area contributed by atoms with Crippen LogP contribution in [0.3, 0.4) is 0 Å². The summed E-state index contributed by atoms with van der Waals surface area (Å²) in [5.74, 6) is 0.251. The van der Waals surface area contributed by atoms with E-state index in [2.05, 4.69) is 27.1 Å². The maximum atomic E-state index is 9.07. The number of hydrogen-bond acceptors (Lipinski definition) is 3. The van der Waals surface area contributed by atoms with Crippen molar-refractivity contribution in [3.8, 4) is 0 Å². The zero-order valence-electron chi connectivity index (χ0n) is 7.40. The van der Waals surface area contributed by atoms with E-state index in [0.29, 0.717) is 11.8 Å². The Morgan fingerprint density at radius 1 is 1.62 bits per heavy atom. The van der Waals surface area contributed by atoms with Crippen LogP contribution in [0.25, 0.3) is 0 Å². The third-order valence-corrected chi connectivity index (χ3v) is 3.63. The van der Waals surface area contributed by atoms with Crippen molar-refractivity contribution >= 4 is 41.0 Å². The second kappa shape index (κ2) is 4.73. The topological polar surface area (TPSA) is 58.3 Å². The fraction of sp³-hybridized carbons (Fsp3) is 0.500. The Morgan fingerprint density at radius 3 is 2.62 bits per heavy atom. The molecule has 0 aliphatic heterocycles. The number of rotatable bonds is 3. The number of aromatic nitrogens is 2. The van der Waals surface area contributed by atoms with Crippen LogP contribution in [0.4, 0.5) is 0 Å². The quantitative estimate of drug-likeness (QED) is 0.485. The maximum Gasteiger partial charge on any atom is 0.491 e. The smallest absolute Gasteiger partial charge is 0.423 e. The summed E-state index contributed by atoms with van der Waals surface area (Å²) in [5, 5.41) is 22.2. The molecule has 1 heterocycles.